The van der Waals surface area contributed by atoms with E-state index < -0.39 is 41.1 Å². The van der Waals surface area contributed by atoms with Crippen molar-refractivity contribution in [1.82, 2.24) is 15.3 Å². The van der Waals surface area contributed by atoms with Crippen LogP contribution in [0.4, 0.5) is 11.5 Å². The fraction of sp³-hybridized carbons (Fsp3) is 0.385. The van der Waals surface area contributed by atoms with Gasteiger partial charge < -0.3 is 55.7 Å². The molecule has 340 valence electrons. The molecule has 4 aromatic carbocycles. The number of carbonyl (C=O) groups excluding carboxylic acids is 1. The zero-order valence-electron chi connectivity index (χ0n) is 36.7. The molecule has 3 aliphatic rings. The van der Waals surface area contributed by atoms with E-state index >= 15 is 4.79 Å². The van der Waals surface area contributed by atoms with Crippen molar-refractivity contribution < 1.29 is 44.9 Å². The molecule has 1 aliphatic carbocycles. The fourth-order valence-corrected chi connectivity index (χ4v) is 11.5. The third-order valence-corrected chi connectivity index (χ3v) is 14.4. The number of phenols is 4. The number of phenolic OH excluding ortho intramolecular Hbond substituents is 4. The molecule has 1 spiro atoms. The second-order valence-electron chi connectivity index (χ2n) is 18.1. The lowest BCUT2D eigenvalue weighted by Crippen LogP contribution is -2.51. The summed E-state index contributed by atoms with van der Waals surface area (Å²) in [6.07, 6.45) is 4.97. The van der Waals surface area contributed by atoms with Crippen LogP contribution in [-0.2, 0) is 29.5 Å². The molecule has 8 N–H and O–H groups in total. The molecule has 2 aromatic heterocycles. The van der Waals surface area contributed by atoms with Gasteiger partial charge in [-0.25, -0.2) is 4.98 Å². The first-order valence-electron chi connectivity index (χ1n) is 22.6. The van der Waals surface area contributed by atoms with Crippen molar-refractivity contribution in [3.8, 4) is 34.5 Å². The van der Waals surface area contributed by atoms with Crippen molar-refractivity contribution >= 4 is 28.1 Å². The Bertz CT molecular complexity index is 2690. The molecule has 0 saturated heterocycles. The molecule has 13 heteroatoms. The van der Waals surface area contributed by atoms with E-state index in [1.165, 1.54) is 13.2 Å². The highest BCUT2D eigenvalue weighted by Gasteiger charge is 2.57. The number of pyridine rings is 1. The van der Waals surface area contributed by atoms with Crippen LogP contribution >= 0.6 is 0 Å². The van der Waals surface area contributed by atoms with E-state index in [2.05, 4.69) is 15.6 Å². The number of aliphatic hydroxyl groups excluding tert-OH is 2. The maximum Gasteiger partial charge on any atom is 0.200 e. The highest BCUT2D eigenvalue weighted by molar-refractivity contribution is 5.93. The zero-order chi connectivity index (χ0) is 45.4. The van der Waals surface area contributed by atoms with Crippen LogP contribution in [0.2, 0.25) is 0 Å². The number of rotatable bonds is 10. The number of nitrogens with zero attached hydrogens (tertiary/aromatic N) is 2. The van der Waals surface area contributed by atoms with Gasteiger partial charge in [-0.3, -0.25) is 4.79 Å². The summed E-state index contributed by atoms with van der Waals surface area (Å²) < 4.78 is 11.4. The highest BCUT2D eigenvalue weighted by atomic mass is 16.5. The molecule has 1 fully saturated rings. The first kappa shape index (κ1) is 43.9. The van der Waals surface area contributed by atoms with Gasteiger partial charge in [0.05, 0.1) is 31.8 Å². The number of benzene rings is 4. The predicted molar refractivity (Wildman–Crippen MR) is 247 cm³/mol. The number of fused-ring (bicyclic) bond motifs is 7. The second kappa shape index (κ2) is 18.3. The van der Waals surface area contributed by atoms with Crippen molar-refractivity contribution in [1.29, 1.82) is 0 Å². The molecule has 13 nitrogen and oxygen atoms in total. The van der Waals surface area contributed by atoms with E-state index in [-0.39, 0.29) is 47.5 Å². The van der Waals surface area contributed by atoms with Crippen molar-refractivity contribution in [3.63, 3.8) is 0 Å². The topological polar surface area (TPSA) is 208 Å². The molecule has 9 rings (SSSR count). The number of nitrogens with one attached hydrogen (secondary N) is 2. The number of aromatic hydroxyl groups is 4. The monoisotopic (exact) mass is 881 g/mol. The van der Waals surface area contributed by atoms with Crippen LogP contribution in [0, 0.1) is 11.8 Å². The number of carbonyl (C=O) groups is 1. The van der Waals surface area contributed by atoms with E-state index in [1.807, 2.05) is 55.6 Å². The van der Waals surface area contributed by atoms with Gasteiger partial charge in [-0.05, 0) is 158 Å². The molecule has 4 heterocycles. The van der Waals surface area contributed by atoms with Crippen LogP contribution in [-0.4, -0.2) is 80.9 Å². The quantitative estimate of drug-likeness (QED) is 0.0632. The molecule has 6 aromatic rings. The number of likely N-dealkylation sites (N-methyl/N-ethyl adjacent to an activating group) is 1. The van der Waals surface area contributed by atoms with Gasteiger partial charge in [-0.15, -0.1) is 0 Å². The summed E-state index contributed by atoms with van der Waals surface area (Å²) in [7, 11) is 3.27. The van der Waals surface area contributed by atoms with Gasteiger partial charge in [-0.1, -0.05) is 30.3 Å². The fourth-order valence-electron chi connectivity index (χ4n) is 11.5. The maximum absolute atomic E-state index is 16.1. The number of hydrogen-bond donors (Lipinski definition) is 8. The Kier molecular flexibility index (Phi) is 12.4. The second-order valence-corrected chi connectivity index (χ2v) is 18.1. The van der Waals surface area contributed by atoms with E-state index in [4.69, 9.17) is 14.5 Å². The molecule has 7 atom stereocenters. The summed E-state index contributed by atoms with van der Waals surface area (Å²) in [6, 6.07) is 23.5. The van der Waals surface area contributed by atoms with Crippen LogP contribution in [0.25, 0.3) is 10.8 Å². The third kappa shape index (κ3) is 8.32. The summed E-state index contributed by atoms with van der Waals surface area (Å²) in [5.74, 6) is -2.19. The number of aryl methyl sites for hydroxylation is 1. The summed E-state index contributed by atoms with van der Waals surface area (Å²) in [6.45, 7) is 0.980. The first-order valence-corrected chi connectivity index (χ1v) is 22.6. The number of ether oxygens (including phenoxy) is 2. The van der Waals surface area contributed by atoms with E-state index in [0.717, 1.165) is 50.8 Å². The summed E-state index contributed by atoms with van der Waals surface area (Å²) in [4.78, 5) is 25.5. The van der Waals surface area contributed by atoms with Crippen LogP contribution in [0.1, 0.15) is 83.9 Å². The Labute approximate surface area is 378 Å². The number of methoxy groups -OCH3 is 1. The van der Waals surface area contributed by atoms with E-state index in [0.29, 0.717) is 68.8 Å². The van der Waals surface area contributed by atoms with E-state index in [1.54, 1.807) is 36.7 Å². The SMILES string of the molecule is CNC[C@@H]1C[C@@H](c2cc(O)c(O)c(OC)c2)CC(=O)[C@@H]([C@H](O)CCc2ccc(O)c3c2CCCO3)[C@@]2(CC[C@@H](O)[C@@H]2Cc2ccc[n-]2)c2ccnc(c2)Nc2ccc3cc(O)ccc3c21. The van der Waals surface area contributed by atoms with Crippen LogP contribution in [0.5, 0.6) is 34.5 Å². The predicted octanol–water partition coefficient (Wildman–Crippen LogP) is 7.40. The van der Waals surface area contributed by atoms with Gasteiger partial charge in [0.15, 0.2) is 23.0 Å². The largest absolute Gasteiger partial charge is 0.668 e. The summed E-state index contributed by atoms with van der Waals surface area (Å²) in [5, 5.41) is 77.1. The lowest BCUT2D eigenvalue weighted by molar-refractivity contribution is -0.132. The Morgan fingerprint density at radius 3 is 2.69 bits per heavy atom. The summed E-state index contributed by atoms with van der Waals surface area (Å²) >= 11 is 0. The molecule has 1 saturated carbocycles. The van der Waals surface area contributed by atoms with Gasteiger partial charge in [-0.2, -0.15) is 11.9 Å². The highest BCUT2D eigenvalue weighted by Crippen LogP contribution is 2.56. The van der Waals surface area contributed by atoms with Crippen molar-refractivity contribution in [2.45, 2.75) is 87.2 Å². The number of hydrogen-bond acceptors (Lipinski definition) is 12. The van der Waals surface area contributed by atoms with Gasteiger partial charge in [0, 0.05) is 35.8 Å². The number of Topliss-reactive ketones (excluding diaryl/α,β-unsaturated/α-hetero) is 1. The molecule has 0 unspecified atom stereocenters. The number of aliphatic hydroxyl groups is 2. The van der Waals surface area contributed by atoms with Crippen LogP contribution in [0.3, 0.4) is 0 Å². The molecule has 0 radical (unpaired) electrons. The summed E-state index contributed by atoms with van der Waals surface area (Å²) in [5.41, 5.74) is 4.53. The minimum atomic E-state index is -1.20. The Morgan fingerprint density at radius 1 is 1.03 bits per heavy atom. The average Bonchev–Trinajstić information content (AvgIpc) is 3.94. The first-order chi connectivity index (χ1) is 31.5. The average molecular weight is 882 g/mol. The Hall–Kier alpha value is -6.28. The molecular weight excluding hydrogens is 825 g/mol. The van der Waals surface area contributed by atoms with Gasteiger partial charge in [0.25, 0.3) is 0 Å². The molecule has 0 amide bonds. The lowest BCUT2D eigenvalue weighted by atomic mass is 9.58. The molecule has 65 heavy (non-hydrogen) atoms. The zero-order valence-corrected chi connectivity index (χ0v) is 36.7. The Balaban J connectivity index is 1.25. The van der Waals surface area contributed by atoms with Gasteiger partial charge >= 0.3 is 0 Å². The molecule has 2 aliphatic heterocycles. The normalized spacial score (nSPS) is 23.6. The van der Waals surface area contributed by atoms with Gasteiger partial charge in [0.1, 0.15) is 17.4 Å². The number of aromatic nitrogens is 2. The molecule has 2 bridgehead atoms. The van der Waals surface area contributed by atoms with Crippen molar-refractivity contribution in [2.75, 3.05) is 32.6 Å². The smallest absolute Gasteiger partial charge is 0.200 e. The third-order valence-electron chi connectivity index (χ3n) is 14.4. The minimum absolute atomic E-state index is 0.0565. The minimum Gasteiger partial charge on any atom is -0.668 e. The van der Waals surface area contributed by atoms with Crippen LogP contribution < -0.4 is 25.1 Å². The van der Waals surface area contributed by atoms with E-state index in [9.17, 15) is 30.6 Å². The number of anilines is 2. The van der Waals surface area contributed by atoms with Crippen molar-refractivity contribution in [3.05, 3.63) is 125 Å². The lowest BCUT2D eigenvalue weighted by Gasteiger charge is -2.46. The van der Waals surface area contributed by atoms with Crippen LogP contribution in [0.15, 0.2) is 91.3 Å². The maximum atomic E-state index is 16.1. The Morgan fingerprint density at radius 2 is 1.89 bits per heavy atom. The standard InChI is InChI=1S/C52H57N4O9/c1-53-28-33-21-31(32-24-45(62)50(63)46(25-32)64-2)23-44(61)49(42(59)13-8-29-9-14-43(60)51-38(29)6-4-20-65-51)52(17-15-41(58)39(52)27-35-5-3-18-54-35)34-16-19-55-47(26-34)56-40-12-7-30-22-36(57)10-11-37(30)48(33)40/h3,5,7,9-12,14,16,18-19,22,24-26,31,33,39,41-42,49,53,57-60,62-63H,4,6,8,13,15,17,20-21,23,27-28H2,1-2H3,(H,55,56)/q-1/t31-,33+,39+,41-,42-,49-,52+/m1/s1. The molecular formula is C52H57N4O9-. The number of ketones is 1. The van der Waals surface area contributed by atoms with Gasteiger partial charge in [0.2, 0.25) is 5.75 Å². The van der Waals surface area contributed by atoms with Crippen molar-refractivity contribution in [2.24, 2.45) is 11.8 Å².